The summed E-state index contributed by atoms with van der Waals surface area (Å²) in [6.07, 6.45) is 12.3. The maximum atomic E-state index is 7.19. The molecule has 19 heteroatoms. The van der Waals surface area contributed by atoms with Gasteiger partial charge in [-0.25, -0.2) is 24.9 Å². The average Bonchev–Trinajstić information content (AvgIpc) is 1.36. The number of rotatable bonds is 11. The van der Waals surface area contributed by atoms with Crippen LogP contribution in [-0.4, -0.2) is 50.9 Å². The van der Waals surface area contributed by atoms with Gasteiger partial charge in [-0.05, 0) is 152 Å². The third kappa shape index (κ3) is 24.9. The Bertz CT molecular complexity index is 4360. The third-order valence-corrected chi connectivity index (χ3v) is 16.1. The van der Waals surface area contributed by atoms with Gasteiger partial charge in [-0.2, -0.15) is 9.97 Å². The average molecular weight is 1350 g/mol. The van der Waals surface area contributed by atoms with Crippen molar-refractivity contribution in [1.82, 2.24) is 45.0 Å². The number of amidine groups is 1. The smallest absolute Gasteiger partial charge is 0.371 e. The van der Waals surface area contributed by atoms with Crippen LogP contribution >= 0.6 is 0 Å². The van der Waals surface area contributed by atoms with Crippen LogP contribution in [-0.2, 0) is 13.1 Å². The van der Waals surface area contributed by atoms with Gasteiger partial charge < -0.3 is 49.5 Å². The van der Waals surface area contributed by atoms with Crippen molar-refractivity contribution in [2.45, 2.75) is 171 Å². The summed E-state index contributed by atoms with van der Waals surface area (Å²) in [5.74, 6) is 7.34. The van der Waals surface area contributed by atoms with Gasteiger partial charge in [0, 0.05) is 70.5 Å². The molecule has 0 radical (unpaired) electrons. The van der Waals surface area contributed by atoms with E-state index in [1.807, 2.05) is 85.2 Å². The van der Waals surface area contributed by atoms with E-state index in [1.165, 1.54) is 38.8 Å². The molecule has 0 bridgehead atoms. The SMILES string of the molecule is CC(C)c1cc2ccnc(N)c2cn1.CC(C)c1ccc(C(=N)N)cc1.CC(C)c1ccc(CN)cc1.CC(C)c1ccc2c(N)nccc2c1.CC(C)c1ccc2c(N)noc2c1.CC(C)c1ccc2nc(N)ccc2c1.CC(C)c1cnc(CN)nc1.[C-]#[N+]c1ncc(C(C)C)cn1. The molecule has 12 aromatic rings. The Labute approximate surface area is 591 Å². The van der Waals surface area contributed by atoms with Crippen LogP contribution in [0.2, 0.25) is 0 Å². The van der Waals surface area contributed by atoms with Crippen LogP contribution in [0.25, 0.3) is 48.3 Å². The predicted octanol–water partition coefficient (Wildman–Crippen LogP) is 18.3. The van der Waals surface area contributed by atoms with E-state index < -0.39 is 0 Å². The van der Waals surface area contributed by atoms with E-state index >= 15 is 0 Å². The first-order valence-corrected chi connectivity index (χ1v) is 33.9. The summed E-state index contributed by atoms with van der Waals surface area (Å²) in [5.41, 5.74) is 52.5. The van der Waals surface area contributed by atoms with Gasteiger partial charge in [0.2, 0.25) is 0 Å². The van der Waals surface area contributed by atoms with Crippen LogP contribution in [0.3, 0.4) is 0 Å². The molecule has 15 N–H and O–H groups in total. The highest BCUT2D eigenvalue weighted by Gasteiger charge is 2.10. The second kappa shape index (κ2) is 39.6. The van der Waals surface area contributed by atoms with Crippen molar-refractivity contribution in [3.05, 3.63) is 250 Å². The number of hydrogen-bond donors (Lipinski definition) is 8. The van der Waals surface area contributed by atoms with Crippen LogP contribution in [0.5, 0.6) is 0 Å². The molecule has 0 saturated heterocycles. The zero-order valence-corrected chi connectivity index (χ0v) is 61.2. The van der Waals surface area contributed by atoms with Crippen molar-refractivity contribution in [1.29, 1.82) is 5.41 Å². The molecule has 0 aliphatic carbocycles. The summed E-state index contributed by atoms with van der Waals surface area (Å²) in [6, 6.07) is 44.8. The Morgan fingerprint density at radius 3 is 1.35 bits per heavy atom. The number of anilines is 4. The van der Waals surface area contributed by atoms with Crippen molar-refractivity contribution >= 4 is 78.5 Å². The van der Waals surface area contributed by atoms with Gasteiger partial charge in [0.25, 0.3) is 0 Å². The number of nitrogens with zero attached hydrogens (tertiary/aromatic N) is 10. The Balaban J connectivity index is 0.000000206. The highest BCUT2D eigenvalue weighted by Crippen LogP contribution is 2.27. The number of fused-ring (bicyclic) bond motifs is 4. The maximum Gasteiger partial charge on any atom is 0.371 e. The van der Waals surface area contributed by atoms with E-state index in [2.05, 4.69) is 221 Å². The second-order valence-corrected chi connectivity index (χ2v) is 26.5. The van der Waals surface area contributed by atoms with E-state index in [0.29, 0.717) is 89.5 Å². The van der Waals surface area contributed by atoms with E-state index in [0.717, 1.165) is 60.4 Å². The summed E-state index contributed by atoms with van der Waals surface area (Å²) in [6.45, 7) is 42.0. The highest BCUT2D eigenvalue weighted by atomic mass is 16.5. The van der Waals surface area contributed by atoms with Crippen LogP contribution < -0.4 is 40.1 Å². The Morgan fingerprint density at radius 2 is 0.870 bits per heavy atom. The minimum Gasteiger partial charge on any atom is -0.394 e. The number of pyridine rings is 4. The fraction of sp³-hybridized carbons (Fsp3) is 0.321. The topological polar surface area (TPSA) is 339 Å². The van der Waals surface area contributed by atoms with E-state index in [1.54, 1.807) is 31.0 Å². The van der Waals surface area contributed by atoms with Crippen LogP contribution in [0.15, 0.2) is 181 Å². The van der Waals surface area contributed by atoms with Gasteiger partial charge in [-0.3, -0.25) is 10.4 Å². The predicted molar refractivity (Wildman–Crippen MR) is 417 cm³/mol. The summed E-state index contributed by atoms with van der Waals surface area (Å²) >= 11 is 0. The third-order valence-electron chi connectivity index (χ3n) is 16.1. The minimum atomic E-state index is 0.130. The van der Waals surface area contributed by atoms with Gasteiger partial charge >= 0.3 is 5.95 Å². The van der Waals surface area contributed by atoms with Crippen molar-refractivity contribution in [2.75, 3.05) is 22.9 Å². The van der Waals surface area contributed by atoms with Crippen molar-refractivity contribution < 1.29 is 4.52 Å². The molecule has 0 spiro atoms. The molecule has 19 nitrogen and oxygen atoms in total. The summed E-state index contributed by atoms with van der Waals surface area (Å²) in [4.78, 5) is 35.7. The van der Waals surface area contributed by atoms with Crippen molar-refractivity contribution in [3.63, 3.8) is 0 Å². The Kier molecular flexibility index (Phi) is 31.6. The van der Waals surface area contributed by atoms with Gasteiger partial charge in [0.05, 0.1) is 29.8 Å². The molecule has 0 aliphatic rings. The highest BCUT2D eigenvalue weighted by molar-refractivity contribution is 5.95. The summed E-state index contributed by atoms with van der Waals surface area (Å²) in [5, 5.41) is 17.2. The number of nitrogens with two attached hydrogens (primary N) is 7. The van der Waals surface area contributed by atoms with Crippen LogP contribution in [0, 0.1) is 12.0 Å². The number of aromatic nitrogens is 9. The van der Waals surface area contributed by atoms with E-state index in [-0.39, 0.29) is 11.8 Å². The Hall–Kier alpha value is -10.8. The molecular weight excluding hydrogens is 1240 g/mol. The summed E-state index contributed by atoms with van der Waals surface area (Å²) < 4.78 is 5.06. The fourth-order valence-corrected chi connectivity index (χ4v) is 9.40. The lowest BCUT2D eigenvalue weighted by Gasteiger charge is -2.07. The molecule has 0 atom stereocenters. The van der Waals surface area contributed by atoms with E-state index in [9.17, 15) is 0 Å². The quantitative estimate of drug-likeness (QED) is 0.0339. The molecule has 0 unspecified atom stereocenters. The lowest BCUT2D eigenvalue weighted by molar-refractivity contribution is 0.460. The zero-order valence-electron chi connectivity index (χ0n) is 61.2. The molecule has 100 heavy (non-hydrogen) atoms. The standard InChI is InChI=1S/2C12H14N2.C11H13N3.C10H12N2O.C10H14N2.C10H15N.C8H9N3.C8H13N3/c1-8(2)9-3-5-11-10(7-9)4-6-12(13)14-11;1-8(2)9-3-4-11-10(7-9)5-6-14-12(11)13;1-7(2)10-5-8-3-4-13-11(12)9(8)6-14-10;1-6(2)7-3-4-8-9(5-7)13-12-10(8)11;1-7(2)8-3-5-9(6-4-8)10(11)12;1-8(2)10-5-3-9(7-11)4-6-10;1-6(2)7-4-10-8(9-3)11-5-7;1-6(2)7-4-10-8(3-9)11-5-7/h2*3-8H,1-2H3,(H2,13,14);3-7H,1-2H3,(H2,12,13);3-6H,1-2H3,(H2,11,12);3-7H,1-2H3,(H3,11,12);3-6,8H,7,11H2,1-2H3;4-6H,1-2H3;4-6H,3,9H2,1-2H3. The molecule has 0 fully saturated rings. The van der Waals surface area contributed by atoms with Crippen LogP contribution in [0.4, 0.5) is 29.2 Å². The first-order chi connectivity index (χ1) is 47.5. The van der Waals surface area contributed by atoms with Gasteiger partial charge in [-0.15, -0.1) is 6.57 Å². The second-order valence-electron chi connectivity index (χ2n) is 26.5. The van der Waals surface area contributed by atoms with Gasteiger partial charge in [0.15, 0.2) is 11.4 Å². The maximum absolute atomic E-state index is 7.19. The molecule has 5 aromatic carbocycles. The number of nitrogens with one attached hydrogen (secondary N) is 1. The van der Waals surface area contributed by atoms with Crippen molar-refractivity contribution in [3.8, 4) is 0 Å². The number of hydrogen-bond acceptors (Lipinski definition) is 17. The lowest BCUT2D eigenvalue weighted by Crippen LogP contribution is -2.10. The van der Waals surface area contributed by atoms with Crippen molar-refractivity contribution in [2.24, 2.45) is 17.2 Å². The molecule has 12 rings (SSSR count). The first kappa shape index (κ1) is 79.9. The van der Waals surface area contributed by atoms with Gasteiger partial charge in [0.1, 0.15) is 29.1 Å². The molecular formula is C81H104N18O. The zero-order chi connectivity index (χ0) is 73.8. The molecule has 0 saturated carbocycles. The molecule has 7 heterocycles. The summed E-state index contributed by atoms with van der Waals surface area (Å²) in [7, 11) is 0. The molecule has 0 aliphatic heterocycles. The largest absolute Gasteiger partial charge is 0.394 e. The number of nitrogen functional groups attached to an aromatic ring is 5. The van der Waals surface area contributed by atoms with Crippen LogP contribution in [0.1, 0.15) is 220 Å². The fourth-order valence-electron chi connectivity index (χ4n) is 9.40. The van der Waals surface area contributed by atoms with E-state index in [4.69, 9.17) is 56.6 Å². The van der Waals surface area contributed by atoms with Gasteiger partial charge in [-0.1, -0.05) is 195 Å². The normalized spacial score (nSPS) is 10.7. The molecule has 524 valence electrons. The molecule has 0 amide bonds. The first-order valence-electron chi connectivity index (χ1n) is 33.9. The Morgan fingerprint density at radius 1 is 0.420 bits per heavy atom. The lowest BCUT2D eigenvalue weighted by atomic mass is 10.00. The number of benzene rings is 5. The molecule has 7 aromatic heterocycles. The minimum absolute atomic E-state index is 0.130. The monoisotopic (exact) mass is 1340 g/mol.